The van der Waals surface area contributed by atoms with Crippen molar-refractivity contribution in [1.82, 2.24) is 9.88 Å². The van der Waals surface area contributed by atoms with Gasteiger partial charge in [0.2, 0.25) is 5.89 Å². The van der Waals surface area contributed by atoms with Gasteiger partial charge in [0.15, 0.2) is 5.69 Å². The average molecular weight is 302 g/mol. The van der Waals surface area contributed by atoms with E-state index in [1.807, 2.05) is 25.1 Å². The Morgan fingerprint density at radius 1 is 1.27 bits per heavy atom. The highest BCUT2D eigenvalue weighted by atomic mass is 16.5. The van der Waals surface area contributed by atoms with Crippen molar-refractivity contribution in [3.05, 3.63) is 53.7 Å². The summed E-state index contributed by atoms with van der Waals surface area (Å²) in [5, 5.41) is 0. The molecule has 116 valence electrons. The largest absolute Gasteiger partial charge is 0.464 e. The van der Waals surface area contributed by atoms with Crippen LogP contribution < -0.4 is 0 Å². The Hall–Kier alpha value is -2.63. The Balaban J connectivity index is 2.13. The molecule has 0 N–H and O–H groups in total. The number of hydrogen-bond donors (Lipinski definition) is 0. The van der Waals surface area contributed by atoms with Crippen LogP contribution in [0, 0.1) is 0 Å². The molecule has 0 spiro atoms. The van der Waals surface area contributed by atoms with Crippen LogP contribution in [0.15, 0.2) is 41.0 Å². The molecule has 0 bridgehead atoms. The molecule has 6 heteroatoms. The van der Waals surface area contributed by atoms with Crippen LogP contribution in [-0.4, -0.2) is 35.4 Å². The number of amides is 1. The molecule has 0 saturated carbocycles. The molecule has 0 saturated heterocycles. The number of ether oxygens (including phenoxy) is 1. The van der Waals surface area contributed by atoms with Gasteiger partial charge in [-0.05, 0) is 18.6 Å². The lowest BCUT2D eigenvalue weighted by molar-refractivity contribution is 0.0594. The summed E-state index contributed by atoms with van der Waals surface area (Å²) in [4.78, 5) is 29.6. The molecule has 0 radical (unpaired) electrons. The highest BCUT2D eigenvalue weighted by Gasteiger charge is 2.19. The van der Waals surface area contributed by atoms with Gasteiger partial charge in [-0.25, -0.2) is 9.78 Å². The first-order chi connectivity index (χ1) is 10.7. The summed E-state index contributed by atoms with van der Waals surface area (Å²) in [5.74, 6) is -0.357. The van der Waals surface area contributed by atoms with Crippen molar-refractivity contribution < 1.29 is 18.7 Å². The molecule has 6 nitrogen and oxygen atoms in total. The number of rotatable bonds is 6. The number of esters is 1. The molecule has 1 heterocycles. The van der Waals surface area contributed by atoms with Crippen molar-refractivity contribution in [3.63, 3.8) is 0 Å². The average Bonchev–Trinajstić information content (AvgIpc) is 3.02. The lowest BCUT2D eigenvalue weighted by Gasteiger charge is -2.20. The van der Waals surface area contributed by atoms with E-state index in [4.69, 9.17) is 4.42 Å². The number of carbonyl (C=O) groups is 2. The van der Waals surface area contributed by atoms with Gasteiger partial charge in [0, 0.05) is 12.1 Å². The Bertz CT molecular complexity index is 637. The molecule has 1 aromatic carbocycles. The number of oxazole rings is 1. The van der Waals surface area contributed by atoms with Gasteiger partial charge in [-0.15, -0.1) is 0 Å². The maximum Gasteiger partial charge on any atom is 0.360 e. The van der Waals surface area contributed by atoms with E-state index in [1.165, 1.54) is 13.4 Å². The van der Waals surface area contributed by atoms with E-state index in [0.717, 1.165) is 6.42 Å². The monoisotopic (exact) mass is 302 g/mol. The summed E-state index contributed by atoms with van der Waals surface area (Å²) in [7, 11) is 1.28. The van der Waals surface area contributed by atoms with Crippen molar-refractivity contribution >= 4 is 11.9 Å². The third-order valence-corrected chi connectivity index (χ3v) is 3.07. The summed E-state index contributed by atoms with van der Waals surface area (Å²) in [6, 6.07) is 9.02. The second-order valence-corrected chi connectivity index (χ2v) is 4.71. The zero-order chi connectivity index (χ0) is 15.9. The van der Waals surface area contributed by atoms with E-state index in [-0.39, 0.29) is 18.1 Å². The lowest BCUT2D eigenvalue weighted by Crippen LogP contribution is -2.31. The predicted octanol–water partition coefficient (Wildman–Crippen LogP) is 2.51. The van der Waals surface area contributed by atoms with E-state index < -0.39 is 5.97 Å². The molecule has 0 atom stereocenters. The Morgan fingerprint density at radius 3 is 2.64 bits per heavy atom. The minimum Gasteiger partial charge on any atom is -0.464 e. The Labute approximate surface area is 128 Å². The van der Waals surface area contributed by atoms with Crippen molar-refractivity contribution in [3.8, 4) is 0 Å². The SMILES string of the molecule is CCCN(Cc1nc(C(=O)OC)co1)C(=O)c1ccccc1. The van der Waals surface area contributed by atoms with Crippen LogP contribution in [0.3, 0.4) is 0 Å². The van der Waals surface area contributed by atoms with Crippen molar-refractivity contribution in [2.75, 3.05) is 13.7 Å². The standard InChI is InChI=1S/C16H18N2O4/c1-3-9-18(15(19)12-7-5-4-6-8-12)10-14-17-13(11-22-14)16(20)21-2/h4-8,11H,3,9-10H2,1-2H3. The van der Waals surface area contributed by atoms with Crippen molar-refractivity contribution in [2.24, 2.45) is 0 Å². The van der Waals surface area contributed by atoms with Gasteiger partial charge >= 0.3 is 5.97 Å². The molecule has 0 unspecified atom stereocenters. The summed E-state index contributed by atoms with van der Waals surface area (Å²) < 4.78 is 9.82. The van der Waals surface area contributed by atoms with Crippen LogP contribution in [-0.2, 0) is 11.3 Å². The van der Waals surface area contributed by atoms with Gasteiger partial charge in [-0.3, -0.25) is 4.79 Å². The first kappa shape index (κ1) is 15.8. The van der Waals surface area contributed by atoms with E-state index in [9.17, 15) is 9.59 Å². The van der Waals surface area contributed by atoms with Crippen LogP contribution >= 0.6 is 0 Å². The Morgan fingerprint density at radius 2 is 2.00 bits per heavy atom. The normalized spacial score (nSPS) is 10.3. The van der Waals surface area contributed by atoms with Crippen LogP contribution in [0.4, 0.5) is 0 Å². The minimum atomic E-state index is -0.563. The fourth-order valence-corrected chi connectivity index (χ4v) is 2.03. The first-order valence-corrected chi connectivity index (χ1v) is 7.02. The number of methoxy groups -OCH3 is 1. The quantitative estimate of drug-likeness (QED) is 0.767. The molecule has 1 amide bonds. The zero-order valence-corrected chi connectivity index (χ0v) is 12.6. The topological polar surface area (TPSA) is 72.6 Å². The molecule has 22 heavy (non-hydrogen) atoms. The van der Waals surface area contributed by atoms with Crippen molar-refractivity contribution in [2.45, 2.75) is 19.9 Å². The third-order valence-electron chi connectivity index (χ3n) is 3.07. The molecule has 0 aliphatic heterocycles. The van der Waals surface area contributed by atoms with Crippen LogP contribution in [0.2, 0.25) is 0 Å². The summed E-state index contributed by atoms with van der Waals surface area (Å²) >= 11 is 0. The zero-order valence-electron chi connectivity index (χ0n) is 12.6. The summed E-state index contributed by atoms with van der Waals surface area (Å²) in [6.45, 7) is 2.77. The minimum absolute atomic E-state index is 0.0970. The molecule has 0 fully saturated rings. The van der Waals surface area contributed by atoms with E-state index in [0.29, 0.717) is 18.0 Å². The van der Waals surface area contributed by atoms with E-state index in [2.05, 4.69) is 9.72 Å². The summed E-state index contributed by atoms with van der Waals surface area (Å²) in [5.41, 5.74) is 0.705. The molecule has 1 aromatic heterocycles. The molecule has 0 aliphatic carbocycles. The van der Waals surface area contributed by atoms with Crippen LogP contribution in [0.25, 0.3) is 0 Å². The number of hydrogen-bond acceptors (Lipinski definition) is 5. The van der Waals surface area contributed by atoms with Crippen molar-refractivity contribution in [1.29, 1.82) is 0 Å². The molecular formula is C16H18N2O4. The van der Waals surface area contributed by atoms with Gasteiger partial charge in [-0.1, -0.05) is 25.1 Å². The maximum atomic E-state index is 12.5. The molecule has 0 aliphatic rings. The van der Waals surface area contributed by atoms with Gasteiger partial charge in [0.25, 0.3) is 5.91 Å². The number of carbonyl (C=O) groups excluding carboxylic acids is 2. The summed E-state index contributed by atoms with van der Waals surface area (Å²) in [6.07, 6.45) is 2.04. The number of aromatic nitrogens is 1. The predicted molar refractivity (Wildman–Crippen MR) is 79.3 cm³/mol. The van der Waals surface area contributed by atoms with Gasteiger partial charge in [0.1, 0.15) is 6.26 Å². The maximum absolute atomic E-state index is 12.5. The van der Waals surface area contributed by atoms with Crippen LogP contribution in [0.5, 0.6) is 0 Å². The van der Waals surface area contributed by atoms with Crippen LogP contribution in [0.1, 0.15) is 40.1 Å². The van der Waals surface area contributed by atoms with E-state index >= 15 is 0 Å². The molecule has 2 aromatic rings. The highest BCUT2D eigenvalue weighted by Crippen LogP contribution is 2.11. The fraction of sp³-hybridized carbons (Fsp3) is 0.312. The van der Waals surface area contributed by atoms with Gasteiger partial charge < -0.3 is 14.1 Å². The fourth-order valence-electron chi connectivity index (χ4n) is 2.03. The Kier molecular flexibility index (Phi) is 5.30. The number of nitrogens with zero attached hydrogens (tertiary/aromatic N) is 2. The number of benzene rings is 1. The lowest BCUT2D eigenvalue weighted by atomic mass is 10.2. The first-order valence-electron chi connectivity index (χ1n) is 7.02. The third kappa shape index (κ3) is 3.72. The second-order valence-electron chi connectivity index (χ2n) is 4.71. The highest BCUT2D eigenvalue weighted by molar-refractivity contribution is 5.94. The second kappa shape index (κ2) is 7.40. The molecule has 2 rings (SSSR count). The van der Waals surface area contributed by atoms with Gasteiger partial charge in [0.05, 0.1) is 13.7 Å². The van der Waals surface area contributed by atoms with E-state index in [1.54, 1.807) is 17.0 Å². The smallest absolute Gasteiger partial charge is 0.360 e. The molecular weight excluding hydrogens is 284 g/mol. The van der Waals surface area contributed by atoms with Gasteiger partial charge in [-0.2, -0.15) is 0 Å².